The lowest BCUT2D eigenvalue weighted by Crippen LogP contribution is -2.14. The van der Waals surface area contributed by atoms with E-state index in [4.69, 9.17) is 5.73 Å². The summed E-state index contributed by atoms with van der Waals surface area (Å²) in [6, 6.07) is 11.7. The minimum Gasteiger partial charge on any atom is -0.366 e. The first-order valence-electron chi connectivity index (χ1n) is 7.10. The lowest BCUT2D eigenvalue weighted by Gasteiger charge is -2.20. The highest BCUT2D eigenvalue weighted by molar-refractivity contribution is 5.93. The molecular formula is C17H21N3O. The fourth-order valence-electron chi connectivity index (χ4n) is 2.39. The van der Waals surface area contributed by atoms with E-state index in [0.29, 0.717) is 17.3 Å². The molecule has 2 rings (SSSR count). The second kappa shape index (κ2) is 6.39. The Balaban J connectivity index is 2.24. The maximum atomic E-state index is 11.2. The number of carbonyl (C=O) groups is 1. The number of amides is 1. The first-order valence-corrected chi connectivity index (χ1v) is 7.10. The van der Waals surface area contributed by atoms with E-state index in [1.807, 2.05) is 6.07 Å². The summed E-state index contributed by atoms with van der Waals surface area (Å²) in [5, 5.41) is 3.33. The van der Waals surface area contributed by atoms with Crippen molar-refractivity contribution in [2.45, 2.75) is 32.7 Å². The predicted molar refractivity (Wildman–Crippen MR) is 85.3 cm³/mol. The van der Waals surface area contributed by atoms with Crippen LogP contribution in [-0.2, 0) is 0 Å². The molecule has 0 aliphatic carbocycles. The highest BCUT2D eigenvalue weighted by Gasteiger charge is 2.13. The van der Waals surface area contributed by atoms with Gasteiger partial charge < -0.3 is 11.1 Å². The van der Waals surface area contributed by atoms with Gasteiger partial charge in [-0.3, -0.25) is 4.79 Å². The molecule has 0 radical (unpaired) electrons. The van der Waals surface area contributed by atoms with Crippen molar-refractivity contribution in [3.05, 3.63) is 59.3 Å². The average Bonchev–Trinajstić information content (AvgIpc) is 2.47. The Morgan fingerprint density at radius 3 is 2.43 bits per heavy atom. The van der Waals surface area contributed by atoms with E-state index < -0.39 is 5.91 Å². The van der Waals surface area contributed by atoms with Gasteiger partial charge in [0.15, 0.2) is 0 Å². The quantitative estimate of drug-likeness (QED) is 0.882. The van der Waals surface area contributed by atoms with Crippen molar-refractivity contribution in [3.8, 4) is 0 Å². The third-order valence-electron chi connectivity index (χ3n) is 3.49. The largest absolute Gasteiger partial charge is 0.366 e. The summed E-state index contributed by atoms with van der Waals surface area (Å²) in [4.78, 5) is 15.5. The van der Waals surface area contributed by atoms with Crippen LogP contribution >= 0.6 is 0 Å². The van der Waals surface area contributed by atoms with Crippen molar-refractivity contribution in [2.24, 2.45) is 5.73 Å². The number of hydrogen-bond acceptors (Lipinski definition) is 3. The normalized spacial score (nSPS) is 12.2. The Morgan fingerprint density at radius 1 is 1.14 bits per heavy atom. The summed E-state index contributed by atoms with van der Waals surface area (Å²) in [5.74, 6) is 0.656. The van der Waals surface area contributed by atoms with Gasteiger partial charge in [-0.2, -0.15) is 0 Å². The van der Waals surface area contributed by atoms with Gasteiger partial charge in [-0.1, -0.05) is 38.1 Å². The number of aromatic nitrogens is 1. The van der Waals surface area contributed by atoms with Crippen LogP contribution in [0.25, 0.3) is 0 Å². The third-order valence-corrected chi connectivity index (χ3v) is 3.49. The molecule has 1 aromatic heterocycles. The summed E-state index contributed by atoms with van der Waals surface area (Å²) >= 11 is 0. The third kappa shape index (κ3) is 3.60. The standard InChI is InChI=1S/C17H21N3O/c1-11(2)14-6-4-5-7-15(14)12(3)20-16-10-13(17(18)21)8-9-19-16/h4-12H,1-3H3,(H2,18,21)(H,19,20). The van der Waals surface area contributed by atoms with Gasteiger partial charge in [0.05, 0.1) is 6.04 Å². The van der Waals surface area contributed by atoms with Gasteiger partial charge in [-0.25, -0.2) is 4.98 Å². The number of carbonyl (C=O) groups excluding carboxylic acids is 1. The topological polar surface area (TPSA) is 68.0 Å². The molecule has 0 saturated carbocycles. The number of rotatable bonds is 5. The maximum Gasteiger partial charge on any atom is 0.248 e. The van der Waals surface area contributed by atoms with Crippen molar-refractivity contribution in [1.82, 2.24) is 4.98 Å². The number of anilines is 1. The number of hydrogen-bond donors (Lipinski definition) is 2. The Labute approximate surface area is 125 Å². The van der Waals surface area contributed by atoms with Crippen LogP contribution in [0.3, 0.4) is 0 Å². The second-order valence-electron chi connectivity index (χ2n) is 5.44. The second-order valence-corrected chi connectivity index (χ2v) is 5.44. The Kier molecular flexibility index (Phi) is 4.58. The molecule has 3 N–H and O–H groups in total. The number of pyridine rings is 1. The molecule has 4 heteroatoms. The first kappa shape index (κ1) is 15.0. The van der Waals surface area contributed by atoms with E-state index in [2.05, 4.69) is 49.3 Å². The summed E-state index contributed by atoms with van der Waals surface area (Å²) < 4.78 is 0. The van der Waals surface area contributed by atoms with E-state index in [9.17, 15) is 4.79 Å². The molecule has 1 amide bonds. The highest BCUT2D eigenvalue weighted by atomic mass is 16.1. The number of nitrogens with zero attached hydrogens (tertiary/aromatic N) is 1. The van der Waals surface area contributed by atoms with E-state index in [-0.39, 0.29) is 6.04 Å². The molecule has 0 saturated heterocycles. The zero-order valence-electron chi connectivity index (χ0n) is 12.6. The van der Waals surface area contributed by atoms with E-state index >= 15 is 0 Å². The van der Waals surface area contributed by atoms with Gasteiger partial charge >= 0.3 is 0 Å². The zero-order valence-corrected chi connectivity index (χ0v) is 12.6. The molecule has 0 spiro atoms. The summed E-state index contributed by atoms with van der Waals surface area (Å²) in [5.41, 5.74) is 8.29. The highest BCUT2D eigenvalue weighted by Crippen LogP contribution is 2.26. The Hall–Kier alpha value is -2.36. The Bertz CT molecular complexity index is 637. The van der Waals surface area contributed by atoms with Gasteiger partial charge in [0.1, 0.15) is 5.82 Å². The maximum absolute atomic E-state index is 11.2. The van der Waals surface area contributed by atoms with Crippen molar-refractivity contribution >= 4 is 11.7 Å². The Morgan fingerprint density at radius 2 is 1.81 bits per heavy atom. The van der Waals surface area contributed by atoms with Crippen LogP contribution in [0.1, 0.15) is 54.2 Å². The smallest absolute Gasteiger partial charge is 0.248 e. The molecule has 0 fully saturated rings. The molecule has 0 aliphatic rings. The van der Waals surface area contributed by atoms with Crippen LogP contribution in [0.5, 0.6) is 0 Å². The molecule has 2 aromatic rings. The van der Waals surface area contributed by atoms with E-state index in [1.54, 1.807) is 18.3 Å². The molecule has 21 heavy (non-hydrogen) atoms. The van der Waals surface area contributed by atoms with Gasteiger partial charge in [0, 0.05) is 11.8 Å². The predicted octanol–water partition coefficient (Wildman–Crippen LogP) is 3.48. The van der Waals surface area contributed by atoms with Crippen molar-refractivity contribution in [2.75, 3.05) is 5.32 Å². The monoisotopic (exact) mass is 283 g/mol. The summed E-state index contributed by atoms with van der Waals surface area (Å²) in [7, 11) is 0. The molecule has 1 aromatic carbocycles. The van der Waals surface area contributed by atoms with Crippen molar-refractivity contribution < 1.29 is 4.79 Å². The number of primary amides is 1. The van der Waals surface area contributed by atoms with Crippen LogP contribution in [0.4, 0.5) is 5.82 Å². The SMILES string of the molecule is CC(C)c1ccccc1C(C)Nc1cc(C(N)=O)ccn1. The number of nitrogens with two attached hydrogens (primary N) is 1. The fraction of sp³-hybridized carbons (Fsp3) is 0.294. The van der Waals surface area contributed by atoms with Gasteiger partial charge in [0.2, 0.25) is 5.91 Å². The molecule has 1 unspecified atom stereocenters. The average molecular weight is 283 g/mol. The molecule has 0 bridgehead atoms. The van der Waals surface area contributed by atoms with Crippen LogP contribution in [0, 0.1) is 0 Å². The molecule has 1 heterocycles. The van der Waals surface area contributed by atoms with Gasteiger partial charge in [0.25, 0.3) is 0 Å². The van der Waals surface area contributed by atoms with Crippen molar-refractivity contribution in [3.63, 3.8) is 0 Å². The zero-order chi connectivity index (χ0) is 15.4. The molecule has 1 atom stereocenters. The molecular weight excluding hydrogens is 262 g/mol. The molecule has 4 nitrogen and oxygen atoms in total. The summed E-state index contributed by atoms with van der Waals surface area (Å²) in [6.45, 7) is 6.44. The van der Waals surface area contributed by atoms with Crippen LogP contribution < -0.4 is 11.1 Å². The minimum absolute atomic E-state index is 0.0965. The van der Waals surface area contributed by atoms with Crippen LogP contribution in [-0.4, -0.2) is 10.9 Å². The lowest BCUT2D eigenvalue weighted by atomic mass is 9.93. The van der Waals surface area contributed by atoms with Gasteiger partial charge in [-0.05, 0) is 36.1 Å². The number of benzene rings is 1. The number of nitrogens with one attached hydrogen (secondary N) is 1. The van der Waals surface area contributed by atoms with Crippen molar-refractivity contribution in [1.29, 1.82) is 0 Å². The van der Waals surface area contributed by atoms with Crippen LogP contribution in [0.15, 0.2) is 42.6 Å². The fourth-order valence-corrected chi connectivity index (χ4v) is 2.39. The van der Waals surface area contributed by atoms with Crippen LogP contribution in [0.2, 0.25) is 0 Å². The van der Waals surface area contributed by atoms with Gasteiger partial charge in [-0.15, -0.1) is 0 Å². The first-order chi connectivity index (χ1) is 9.99. The van der Waals surface area contributed by atoms with E-state index in [1.165, 1.54) is 11.1 Å². The summed E-state index contributed by atoms with van der Waals surface area (Å²) in [6.07, 6.45) is 1.59. The minimum atomic E-state index is -0.448. The molecule has 110 valence electrons. The lowest BCUT2D eigenvalue weighted by molar-refractivity contribution is 0.1000. The van der Waals surface area contributed by atoms with E-state index in [0.717, 1.165) is 0 Å². The molecule has 0 aliphatic heterocycles.